The molecule has 1 aliphatic heterocycles. The molecule has 4 nitrogen and oxygen atoms in total. The number of halogens is 1. The lowest BCUT2D eigenvalue weighted by Gasteiger charge is -2.21. The number of amides is 1. The normalized spacial score (nSPS) is 15.9. The van der Waals surface area contributed by atoms with Crippen molar-refractivity contribution in [3.63, 3.8) is 0 Å². The van der Waals surface area contributed by atoms with Crippen molar-refractivity contribution >= 4 is 23.4 Å². The van der Waals surface area contributed by atoms with Crippen molar-refractivity contribution in [3.8, 4) is 5.75 Å². The monoisotopic (exact) mass is 298 g/mol. The Morgan fingerprint density at radius 2 is 2.25 bits per heavy atom. The molecule has 0 bridgehead atoms. The molecule has 0 saturated carbocycles. The van der Waals surface area contributed by atoms with Crippen LogP contribution in [-0.4, -0.2) is 37.1 Å². The van der Waals surface area contributed by atoms with Crippen molar-refractivity contribution in [3.05, 3.63) is 24.0 Å². The quantitative estimate of drug-likeness (QED) is 0.875. The molecule has 6 heteroatoms. The summed E-state index contributed by atoms with van der Waals surface area (Å²) in [4.78, 5) is 11.9. The largest absolute Gasteiger partial charge is 0.497 e. The number of benzene rings is 1. The number of carbonyl (C=O) groups excluding carboxylic acids is 1. The smallest absolute Gasteiger partial charge is 0.234 e. The zero-order valence-corrected chi connectivity index (χ0v) is 12.3. The summed E-state index contributed by atoms with van der Waals surface area (Å²) >= 11 is 1.63. The van der Waals surface area contributed by atoms with E-state index in [1.54, 1.807) is 11.8 Å². The summed E-state index contributed by atoms with van der Waals surface area (Å²) in [5, 5.41) is 6.39. The van der Waals surface area contributed by atoms with Crippen LogP contribution in [0.4, 0.5) is 10.1 Å². The van der Waals surface area contributed by atoms with Crippen LogP contribution in [0.2, 0.25) is 0 Å². The maximum atomic E-state index is 13.6. The number of hydrogen-bond acceptors (Lipinski definition) is 4. The van der Waals surface area contributed by atoms with Gasteiger partial charge in [-0.25, -0.2) is 4.39 Å². The zero-order valence-electron chi connectivity index (χ0n) is 11.4. The van der Waals surface area contributed by atoms with Gasteiger partial charge in [-0.3, -0.25) is 4.79 Å². The molecule has 20 heavy (non-hydrogen) atoms. The molecule has 1 saturated heterocycles. The highest BCUT2D eigenvalue weighted by molar-refractivity contribution is 8.00. The first-order valence-corrected chi connectivity index (χ1v) is 7.69. The van der Waals surface area contributed by atoms with Crippen LogP contribution in [0.5, 0.6) is 5.75 Å². The van der Waals surface area contributed by atoms with Gasteiger partial charge in [0.2, 0.25) is 5.91 Å². The van der Waals surface area contributed by atoms with Gasteiger partial charge in [0.05, 0.1) is 18.6 Å². The number of rotatable bonds is 5. The van der Waals surface area contributed by atoms with Crippen molar-refractivity contribution in [2.24, 2.45) is 0 Å². The zero-order chi connectivity index (χ0) is 14.4. The van der Waals surface area contributed by atoms with Gasteiger partial charge in [-0.1, -0.05) is 0 Å². The van der Waals surface area contributed by atoms with Gasteiger partial charge < -0.3 is 15.4 Å². The average molecular weight is 298 g/mol. The second kappa shape index (κ2) is 7.50. The highest BCUT2D eigenvalue weighted by Crippen LogP contribution is 2.23. The fraction of sp³-hybridized carbons (Fsp3) is 0.500. The minimum atomic E-state index is -0.453. The Balaban J connectivity index is 1.84. The predicted molar refractivity (Wildman–Crippen MR) is 79.9 cm³/mol. The Labute approximate surface area is 122 Å². The molecule has 1 heterocycles. The molecule has 1 aliphatic rings. The number of ether oxygens (including phenoxy) is 1. The molecule has 0 aromatic heterocycles. The number of piperidine rings is 1. The maximum Gasteiger partial charge on any atom is 0.234 e. The Hall–Kier alpha value is -1.27. The van der Waals surface area contributed by atoms with Crippen molar-refractivity contribution in [1.82, 2.24) is 5.32 Å². The third-order valence-electron chi connectivity index (χ3n) is 3.18. The van der Waals surface area contributed by atoms with E-state index in [1.807, 2.05) is 0 Å². The molecule has 1 fully saturated rings. The van der Waals surface area contributed by atoms with E-state index in [9.17, 15) is 9.18 Å². The number of thioether (sulfide) groups is 1. The Morgan fingerprint density at radius 3 is 2.95 bits per heavy atom. The number of nitrogens with one attached hydrogen (secondary N) is 2. The molecular formula is C14H19FN2O2S. The van der Waals surface area contributed by atoms with Gasteiger partial charge in [0.15, 0.2) is 0 Å². The Kier molecular flexibility index (Phi) is 5.67. The summed E-state index contributed by atoms with van der Waals surface area (Å²) in [7, 11) is 1.51. The van der Waals surface area contributed by atoms with Crippen molar-refractivity contribution in [2.45, 2.75) is 18.1 Å². The molecule has 110 valence electrons. The van der Waals surface area contributed by atoms with Gasteiger partial charge in [0.25, 0.3) is 0 Å². The summed E-state index contributed by atoms with van der Waals surface area (Å²) in [6.45, 7) is 2.01. The van der Waals surface area contributed by atoms with E-state index in [1.165, 1.54) is 25.3 Å². The first-order chi connectivity index (χ1) is 9.69. The lowest BCUT2D eigenvalue weighted by molar-refractivity contribution is -0.113. The summed E-state index contributed by atoms with van der Waals surface area (Å²) in [5.41, 5.74) is 0.167. The average Bonchev–Trinajstić information content (AvgIpc) is 2.48. The molecule has 1 amide bonds. The maximum absolute atomic E-state index is 13.6. The fourth-order valence-electron chi connectivity index (χ4n) is 2.07. The third-order valence-corrected chi connectivity index (χ3v) is 4.56. The molecule has 0 unspecified atom stereocenters. The van der Waals surface area contributed by atoms with Crippen molar-refractivity contribution in [2.75, 3.05) is 31.3 Å². The van der Waals surface area contributed by atoms with E-state index in [-0.39, 0.29) is 11.6 Å². The van der Waals surface area contributed by atoms with Crippen LogP contribution in [0.1, 0.15) is 12.8 Å². The molecule has 0 spiro atoms. The van der Waals surface area contributed by atoms with Crippen LogP contribution in [0.15, 0.2) is 18.2 Å². The van der Waals surface area contributed by atoms with E-state index < -0.39 is 5.82 Å². The molecule has 0 atom stereocenters. The van der Waals surface area contributed by atoms with Gasteiger partial charge in [-0.2, -0.15) is 0 Å². The van der Waals surface area contributed by atoms with E-state index in [0.717, 1.165) is 25.9 Å². The summed E-state index contributed by atoms with van der Waals surface area (Å²) < 4.78 is 18.6. The molecule has 0 radical (unpaired) electrons. The molecule has 1 aromatic rings. The standard InChI is InChI=1S/C14H19FN2O2S/c1-19-10-2-3-12(15)13(8-10)17-14(18)9-20-11-4-6-16-7-5-11/h2-3,8,11,16H,4-7,9H2,1H3,(H,17,18). The topological polar surface area (TPSA) is 50.4 Å². The Morgan fingerprint density at radius 1 is 1.50 bits per heavy atom. The van der Waals surface area contributed by atoms with Gasteiger partial charge in [0, 0.05) is 11.3 Å². The van der Waals surface area contributed by atoms with E-state index in [0.29, 0.717) is 16.8 Å². The number of hydrogen-bond donors (Lipinski definition) is 2. The van der Waals surface area contributed by atoms with Gasteiger partial charge in [-0.15, -0.1) is 11.8 Å². The van der Waals surface area contributed by atoms with Crippen LogP contribution < -0.4 is 15.4 Å². The molecular weight excluding hydrogens is 279 g/mol. The van der Waals surface area contributed by atoms with E-state index in [2.05, 4.69) is 10.6 Å². The van der Waals surface area contributed by atoms with Crippen molar-refractivity contribution < 1.29 is 13.9 Å². The summed E-state index contributed by atoms with van der Waals surface area (Å²) in [6.07, 6.45) is 2.15. The highest BCUT2D eigenvalue weighted by atomic mass is 32.2. The molecule has 1 aromatic carbocycles. The second-order valence-corrected chi connectivity index (χ2v) is 5.94. The van der Waals surface area contributed by atoms with E-state index in [4.69, 9.17) is 4.74 Å². The summed E-state index contributed by atoms with van der Waals surface area (Å²) in [5.74, 6) is 0.237. The fourth-order valence-corrected chi connectivity index (χ4v) is 3.10. The minimum Gasteiger partial charge on any atom is -0.497 e. The van der Waals surface area contributed by atoms with Crippen LogP contribution >= 0.6 is 11.8 Å². The van der Waals surface area contributed by atoms with Gasteiger partial charge in [-0.05, 0) is 38.1 Å². The Bertz CT molecular complexity index is 464. The predicted octanol–water partition coefficient (Wildman–Crippen LogP) is 2.26. The third kappa shape index (κ3) is 4.38. The van der Waals surface area contributed by atoms with Gasteiger partial charge >= 0.3 is 0 Å². The van der Waals surface area contributed by atoms with Crippen LogP contribution in [0, 0.1) is 5.82 Å². The lowest BCUT2D eigenvalue weighted by Crippen LogP contribution is -2.30. The van der Waals surface area contributed by atoms with Crippen LogP contribution in [0.3, 0.4) is 0 Å². The SMILES string of the molecule is COc1ccc(F)c(NC(=O)CSC2CCNCC2)c1. The van der Waals surface area contributed by atoms with E-state index >= 15 is 0 Å². The first kappa shape index (κ1) is 15.1. The highest BCUT2D eigenvalue weighted by Gasteiger charge is 2.15. The van der Waals surface area contributed by atoms with Crippen LogP contribution in [-0.2, 0) is 4.79 Å². The number of carbonyl (C=O) groups is 1. The van der Waals surface area contributed by atoms with Crippen LogP contribution in [0.25, 0.3) is 0 Å². The number of anilines is 1. The van der Waals surface area contributed by atoms with Crippen molar-refractivity contribution in [1.29, 1.82) is 0 Å². The van der Waals surface area contributed by atoms with Gasteiger partial charge in [0.1, 0.15) is 11.6 Å². The number of methoxy groups -OCH3 is 1. The first-order valence-electron chi connectivity index (χ1n) is 6.65. The second-order valence-electron chi connectivity index (χ2n) is 4.65. The summed E-state index contributed by atoms with van der Waals surface area (Å²) in [6, 6.07) is 4.30. The minimum absolute atomic E-state index is 0.167. The lowest BCUT2D eigenvalue weighted by atomic mass is 10.2. The molecule has 0 aliphatic carbocycles. The molecule has 2 rings (SSSR count). The molecule has 2 N–H and O–H groups in total.